The number of benzene rings is 1. The van der Waals surface area contributed by atoms with E-state index in [2.05, 4.69) is 51.6 Å². The van der Waals surface area contributed by atoms with Gasteiger partial charge in [-0.1, -0.05) is 30.3 Å². The molecule has 2 aromatic rings. The maximum absolute atomic E-state index is 4.44. The van der Waals surface area contributed by atoms with Crippen molar-refractivity contribution in [1.29, 1.82) is 0 Å². The molecule has 2 saturated heterocycles. The lowest BCUT2D eigenvalue weighted by Crippen LogP contribution is -2.41. The van der Waals surface area contributed by atoms with Gasteiger partial charge in [0.25, 0.3) is 0 Å². The zero-order chi connectivity index (χ0) is 13.4. The molecule has 2 aliphatic rings. The second-order valence-corrected chi connectivity index (χ2v) is 5.91. The molecular formula is C17H19N3. The maximum Gasteiger partial charge on any atom is 0.0559 e. The first-order valence-electron chi connectivity index (χ1n) is 7.37. The molecule has 0 spiro atoms. The van der Waals surface area contributed by atoms with E-state index >= 15 is 0 Å². The lowest BCUT2D eigenvalue weighted by molar-refractivity contribution is 0.474. The van der Waals surface area contributed by atoms with Crippen LogP contribution in [-0.2, 0) is 0 Å². The number of nitrogens with zero attached hydrogens (tertiary/aromatic N) is 2. The van der Waals surface area contributed by atoms with Crippen LogP contribution in [0, 0.1) is 5.92 Å². The van der Waals surface area contributed by atoms with Gasteiger partial charge >= 0.3 is 0 Å². The minimum atomic E-state index is 0.661. The molecule has 2 bridgehead atoms. The van der Waals surface area contributed by atoms with Crippen LogP contribution < -0.4 is 10.2 Å². The number of rotatable bonds is 2. The van der Waals surface area contributed by atoms with Crippen molar-refractivity contribution in [3.63, 3.8) is 0 Å². The number of hydrogen-bond acceptors (Lipinski definition) is 3. The average molecular weight is 265 g/mol. The first-order valence-corrected chi connectivity index (χ1v) is 7.37. The highest BCUT2D eigenvalue weighted by Gasteiger charge is 2.32. The smallest absolute Gasteiger partial charge is 0.0559 e. The zero-order valence-corrected chi connectivity index (χ0v) is 11.5. The van der Waals surface area contributed by atoms with E-state index in [1.807, 2.05) is 12.4 Å². The van der Waals surface area contributed by atoms with Crippen molar-refractivity contribution in [2.45, 2.75) is 12.5 Å². The summed E-state index contributed by atoms with van der Waals surface area (Å²) in [4.78, 5) is 6.93. The number of piperidine rings is 1. The fourth-order valence-corrected chi connectivity index (χ4v) is 3.43. The van der Waals surface area contributed by atoms with Crippen molar-refractivity contribution in [3.8, 4) is 11.1 Å². The monoisotopic (exact) mass is 265 g/mol. The minimum absolute atomic E-state index is 0.661. The Bertz CT molecular complexity index is 584. The highest BCUT2D eigenvalue weighted by molar-refractivity contribution is 5.67. The van der Waals surface area contributed by atoms with Crippen molar-refractivity contribution in [1.82, 2.24) is 10.3 Å². The van der Waals surface area contributed by atoms with E-state index in [0.29, 0.717) is 6.04 Å². The van der Waals surface area contributed by atoms with Gasteiger partial charge in [0.1, 0.15) is 0 Å². The SMILES string of the molecule is c1ccc(-c2cncc(N3C[C@@H]4CN[C@@H](C4)C3)c2)cc1. The van der Waals surface area contributed by atoms with Crippen LogP contribution in [-0.4, -0.2) is 30.7 Å². The molecule has 0 saturated carbocycles. The van der Waals surface area contributed by atoms with Crippen LogP contribution in [0.25, 0.3) is 11.1 Å². The Morgan fingerprint density at radius 2 is 1.95 bits per heavy atom. The summed E-state index contributed by atoms with van der Waals surface area (Å²) in [6.07, 6.45) is 5.29. The number of aromatic nitrogens is 1. The zero-order valence-electron chi connectivity index (χ0n) is 11.5. The van der Waals surface area contributed by atoms with E-state index in [4.69, 9.17) is 0 Å². The fraction of sp³-hybridized carbons (Fsp3) is 0.353. The van der Waals surface area contributed by atoms with Crippen LogP contribution in [0.5, 0.6) is 0 Å². The summed E-state index contributed by atoms with van der Waals surface area (Å²) >= 11 is 0. The third-order valence-corrected chi connectivity index (χ3v) is 4.43. The van der Waals surface area contributed by atoms with Gasteiger partial charge in [-0.2, -0.15) is 0 Å². The van der Waals surface area contributed by atoms with Crippen LogP contribution in [0.2, 0.25) is 0 Å². The molecule has 1 aromatic carbocycles. The van der Waals surface area contributed by atoms with Gasteiger partial charge in [-0.05, 0) is 24.0 Å². The van der Waals surface area contributed by atoms with Crippen LogP contribution in [0.3, 0.4) is 0 Å². The van der Waals surface area contributed by atoms with E-state index in [-0.39, 0.29) is 0 Å². The number of nitrogens with one attached hydrogen (secondary N) is 1. The average Bonchev–Trinajstić information content (AvgIpc) is 2.86. The molecule has 0 aliphatic carbocycles. The van der Waals surface area contributed by atoms with Crippen molar-refractivity contribution in [2.24, 2.45) is 5.92 Å². The lowest BCUT2D eigenvalue weighted by atomic mass is 9.99. The summed E-state index contributed by atoms with van der Waals surface area (Å²) in [6.45, 7) is 3.44. The van der Waals surface area contributed by atoms with Crippen LogP contribution >= 0.6 is 0 Å². The molecule has 3 heterocycles. The highest BCUT2D eigenvalue weighted by atomic mass is 15.2. The molecule has 20 heavy (non-hydrogen) atoms. The number of hydrogen-bond donors (Lipinski definition) is 1. The van der Waals surface area contributed by atoms with Gasteiger partial charge in [0.05, 0.1) is 11.9 Å². The Kier molecular flexibility index (Phi) is 2.92. The molecule has 0 amide bonds. The molecule has 1 aromatic heterocycles. The van der Waals surface area contributed by atoms with Crippen LogP contribution in [0.1, 0.15) is 6.42 Å². The Morgan fingerprint density at radius 1 is 1.05 bits per heavy atom. The van der Waals surface area contributed by atoms with Crippen molar-refractivity contribution in [2.75, 3.05) is 24.5 Å². The van der Waals surface area contributed by atoms with Gasteiger partial charge in [-0.25, -0.2) is 0 Å². The summed E-state index contributed by atoms with van der Waals surface area (Å²) in [5.41, 5.74) is 3.69. The van der Waals surface area contributed by atoms with Gasteiger partial charge in [-0.15, -0.1) is 0 Å². The van der Waals surface area contributed by atoms with Crippen LogP contribution in [0.4, 0.5) is 5.69 Å². The second kappa shape index (κ2) is 4.91. The Labute approximate surface area is 119 Å². The first kappa shape index (κ1) is 11.9. The number of pyridine rings is 1. The van der Waals surface area contributed by atoms with Crippen molar-refractivity contribution in [3.05, 3.63) is 48.8 Å². The predicted molar refractivity (Wildman–Crippen MR) is 81.8 cm³/mol. The summed E-state index contributed by atoms with van der Waals surface area (Å²) in [7, 11) is 0. The summed E-state index contributed by atoms with van der Waals surface area (Å²) < 4.78 is 0. The second-order valence-electron chi connectivity index (χ2n) is 5.91. The van der Waals surface area contributed by atoms with Crippen molar-refractivity contribution >= 4 is 5.69 Å². The van der Waals surface area contributed by atoms with E-state index in [0.717, 1.165) is 19.0 Å². The summed E-state index contributed by atoms with van der Waals surface area (Å²) in [5.74, 6) is 0.800. The largest absolute Gasteiger partial charge is 0.368 e. The lowest BCUT2D eigenvalue weighted by Gasteiger charge is -2.32. The van der Waals surface area contributed by atoms with Gasteiger partial charge in [-0.3, -0.25) is 4.98 Å². The Morgan fingerprint density at radius 3 is 2.80 bits per heavy atom. The molecule has 2 aliphatic heterocycles. The molecule has 2 fully saturated rings. The third-order valence-electron chi connectivity index (χ3n) is 4.43. The normalized spacial score (nSPS) is 24.9. The van der Waals surface area contributed by atoms with E-state index in [1.54, 1.807) is 0 Å². The molecule has 4 rings (SSSR count). The highest BCUT2D eigenvalue weighted by Crippen LogP contribution is 2.29. The molecule has 0 radical (unpaired) electrons. The third kappa shape index (κ3) is 2.18. The predicted octanol–water partition coefficient (Wildman–Crippen LogP) is 2.55. The standard InChI is InChI=1S/C17H19N3/c1-2-4-14(5-3-1)15-7-17(10-18-9-15)20-11-13-6-16(12-20)19-8-13/h1-5,7,9-10,13,16,19H,6,8,11-12H2/t13-,16-/m0/s1. The minimum Gasteiger partial charge on any atom is -0.368 e. The Hall–Kier alpha value is -1.87. The Balaban J connectivity index is 1.63. The maximum atomic E-state index is 4.44. The molecule has 3 heteroatoms. The molecule has 102 valence electrons. The number of fused-ring (bicyclic) bond motifs is 2. The summed E-state index contributed by atoms with van der Waals surface area (Å²) in [5, 5.41) is 3.60. The quantitative estimate of drug-likeness (QED) is 0.904. The topological polar surface area (TPSA) is 28.2 Å². The summed E-state index contributed by atoms with van der Waals surface area (Å²) in [6, 6.07) is 13.4. The number of anilines is 1. The first-order chi connectivity index (χ1) is 9.88. The van der Waals surface area contributed by atoms with E-state index in [9.17, 15) is 0 Å². The van der Waals surface area contributed by atoms with Gasteiger partial charge in [0, 0.05) is 37.4 Å². The molecular weight excluding hydrogens is 246 g/mol. The van der Waals surface area contributed by atoms with Crippen LogP contribution in [0.15, 0.2) is 48.8 Å². The molecule has 1 N–H and O–H groups in total. The van der Waals surface area contributed by atoms with Gasteiger partial charge in [0.2, 0.25) is 0 Å². The molecule has 0 unspecified atom stereocenters. The fourth-order valence-electron chi connectivity index (χ4n) is 3.43. The van der Waals surface area contributed by atoms with Gasteiger partial charge in [0.15, 0.2) is 0 Å². The molecule has 2 atom stereocenters. The molecule has 3 nitrogen and oxygen atoms in total. The van der Waals surface area contributed by atoms with Crippen molar-refractivity contribution < 1.29 is 0 Å². The van der Waals surface area contributed by atoms with Gasteiger partial charge < -0.3 is 10.2 Å². The van der Waals surface area contributed by atoms with E-state index in [1.165, 1.54) is 29.8 Å². The van der Waals surface area contributed by atoms with E-state index < -0.39 is 0 Å².